The van der Waals surface area contributed by atoms with Gasteiger partial charge in [-0.25, -0.2) is 0 Å². The Morgan fingerprint density at radius 3 is 2.43 bits per heavy atom. The molecule has 0 aromatic heterocycles. The lowest BCUT2D eigenvalue weighted by molar-refractivity contribution is -0.186. The van der Waals surface area contributed by atoms with Crippen LogP contribution in [0.25, 0.3) is 0 Å². The number of carbonyl (C=O) groups is 4. The number of hydrogen-bond acceptors (Lipinski definition) is 5. The fourth-order valence-corrected chi connectivity index (χ4v) is 7.35. The van der Waals surface area contributed by atoms with Crippen molar-refractivity contribution in [3.63, 3.8) is 0 Å². The lowest BCUT2D eigenvalue weighted by Crippen LogP contribution is -2.63. The lowest BCUT2D eigenvalue weighted by atomic mass is 9.45. The minimum absolute atomic E-state index is 0.0328. The van der Waals surface area contributed by atoms with Crippen LogP contribution in [0.15, 0.2) is 11.6 Å². The van der Waals surface area contributed by atoms with Crippen LogP contribution in [0.5, 0.6) is 0 Å². The van der Waals surface area contributed by atoms with Crippen LogP contribution >= 0.6 is 0 Å². The van der Waals surface area contributed by atoms with Crippen molar-refractivity contribution in [3.05, 3.63) is 11.6 Å². The number of allylic oxidation sites excluding steroid dienone is 1. The van der Waals surface area contributed by atoms with E-state index in [4.69, 9.17) is 4.74 Å². The molecule has 0 heterocycles. The predicted molar refractivity (Wildman–Crippen MR) is 102 cm³/mol. The molecule has 4 rings (SSSR count). The number of Topliss-reactive ketones (excluding diaryl/α,β-unsaturated/α-hetero) is 2. The zero-order valence-electron chi connectivity index (χ0n) is 17.2. The van der Waals surface area contributed by atoms with E-state index in [1.54, 1.807) is 13.0 Å². The van der Waals surface area contributed by atoms with E-state index in [1.165, 1.54) is 6.92 Å². The Kier molecular flexibility index (Phi) is 4.44. The summed E-state index contributed by atoms with van der Waals surface area (Å²) in [7, 11) is 0. The molecule has 0 radical (unpaired) electrons. The molecule has 0 aromatic carbocycles. The molecule has 0 bridgehead atoms. The Balaban J connectivity index is 1.83. The molecule has 0 amide bonds. The highest BCUT2D eigenvalue weighted by atomic mass is 16.5. The molecule has 0 aliphatic heterocycles. The first kappa shape index (κ1) is 19.5. The molecule has 7 atom stereocenters. The fourth-order valence-electron chi connectivity index (χ4n) is 7.35. The molecule has 28 heavy (non-hydrogen) atoms. The molecular weight excluding hydrogens is 356 g/mol. The second kappa shape index (κ2) is 6.36. The summed E-state index contributed by atoms with van der Waals surface area (Å²) in [6.45, 7) is 7.04. The van der Waals surface area contributed by atoms with Crippen molar-refractivity contribution in [2.75, 3.05) is 0 Å². The quantitative estimate of drug-likeness (QED) is 0.680. The lowest BCUT2D eigenvalue weighted by Gasteiger charge is -2.58. The Morgan fingerprint density at radius 1 is 1.07 bits per heavy atom. The van der Waals surface area contributed by atoms with Gasteiger partial charge in [-0.3, -0.25) is 19.2 Å². The van der Waals surface area contributed by atoms with Crippen LogP contribution in [0.3, 0.4) is 0 Å². The Morgan fingerprint density at radius 2 is 1.79 bits per heavy atom. The summed E-state index contributed by atoms with van der Waals surface area (Å²) in [5.41, 5.74) is 0.115. The summed E-state index contributed by atoms with van der Waals surface area (Å²) >= 11 is 0. The van der Waals surface area contributed by atoms with E-state index in [0.717, 1.165) is 31.3 Å². The first-order chi connectivity index (χ1) is 13.1. The summed E-state index contributed by atoms with van der Waals surface area (Å²) in [5, 5.41) is 0. The first-order valence-corrected chi connectivity index (χ1v) is 10.6. The molecule has 0 N–H and O–H groups in total. The second-order valence-electron chi connectivity index (χ2n) is 9.84. The van der Waals surface area contributed by atoms with E-state index in [0.29, 0.717) is 12.8 Å². The minimum Gasteiger partial charge on any atom is -0.454 e. The van der Waals surface area contributed by atoms with E-state index in [9.17, 15) is 19.2 Å². The van der Waals surface area contributed by atoms with Crippen molar-refractivity contribution in [2.45, 2.75) is 72.3 Å². The minimum atomic E-state index is -0.874. The van der Waals surface area contributed by atoms with Crippen molar-refractivity contribution < 1.29 is 23.9 Å². The van der Waals surface area contributed by atoms with Gasteiger partial charge in [-0.2, -0.15) is 0 Å². The zero-order valence-corrected chi connectivity index (χ0v) is 17.2. The zero-order chi connectivity index (χ0) is 20.4. The first-order valence-electron chi connectivity index (χ1n) is 10.6. The van der Waals surface area contributed by atoms with Crippen LogP contribution in [0, 0.1) is 34.5 Å². The monoisotopic (exact) mass is 386 g/mol. The Hall–Kier alpha value is -1.78. The highest BCUT2D eigenvalue weighted by Crippen LogP contribution is 2.66. The summed E-state index contributed by atoms with van der Waals surface area (Å²) in [6.07, 6.45) is 5.37. The van der Waals surface area contributed by atoms with Crippen LogP contribution in [-0.2, 0) is 23.9 Å². The average molecular weight is 386 g/mol. The van der Waals surface area contributed by atoms with E-state index >= 15 is 0 Å². The van der Waals surface area contributed by atoms with E-state index in [-0.39, 0.29) is 46.4 Å². The van der Waals surface area contributed by atoms with Crippen molar-refractivity contribution >= 4 is 23.3 Å². The predicted octanol–water partition coefficient (Wildman–Crippen LogP) is 3.44. The molecule has 0 unspecified atom stereocenters. The van der Waals surface area contributed by atoms with Gasteiger partial charge >= 0.3 is 5.97 Å². The third kappa shape index (κ3) is 2.50. The van der Waals surface area contributed by atoms with Gasteiger partial charge in [0.25, 0.3) is 0 Å². The smallest absolute Gasteiger partial charge is 0.303 e. The Bertz CT molecular complexity index is 795. The van der Waals surface area contributed by atoms with Gasteiger partial charge in [0.05, 0.1) is 0 Å². The third-order valence-electron chi connectivity index (χ3n) is 8.56. The van der Waals surface area contributed by atoms with Crippen molar-refractivity contribution in [1.82, 2.24) is 0 Å². The molecular formula is C23H30O5. The maximum absolute atomic E-state index is 13.9. The van der Waals surface area contributed by atoms with E-state index in [2.05, 4.69) is 6.92 Å². The summed E-state index contributed by atoms with van der Waals surface area (Å²) < 4.78 is 5.67. The fraction of sp³-hybridized carbons (Fsp3) is 0.739. The van der Waals surface area contributed by atoms with E-state index in [1.807, 2.05) is 6.92 Å². The van der Waals surface area contributed by atoms with Gasteiger partial charge in [0.1, 0.15) is 5.78 Å². The van der Waals surface area contributed by atoms with Gasteiger partial charge in [-0.1, -0.05) is 19.4 Å². The molecule has 0 saturated heterocycles. The largest absolute Gasteiger partial charge is 0.454 e. The SMILES string of the molecule is CC(=O)O[C@@H]1C(=O)[C@H]2[C@@H](CCC3=CC(=O)CC[C@@]32C)[C@@H]2CC[C@H](C(C)=O)[C@@]12C. The van der Waals surface area contributed by atoms with Crippen molar-refractivity contribution in [3.8, 4) is 0 Å². The number of rotatable bonds is 2. The number of fused-ring (bicyclic) bond motifs is 5. The maximum Gasteiger partial charge on any atom is 0.303 e. The summed E-state index contributed by atoms with van der Waals surface area (Å²) in [5.74, 6) is -0.393. The summed E-state index contributed by atoms with van der Waals surface area (Å²) in [4.78, 5) is 50.2. The van der Waals surface area contributed by atoms with Crippen LogP contribution in [-0.4, -0.2) is 29.4 Å². The molecule has 152 valence electrons. The van der Waals surface area contributed by atoms with Gasteiger partial charge in [0, 0.05) is 30.6 Å². The molecule has 3 fully saturated rings. The van der Waals surface area contributed by atoms with Crippen molar-refractivity contribution in [2.24, 2.45) is 34.5 Å². The number of esters is 1. The Labute approximate surface area is 166 Å². The molecule has 0 spiro atoms. The summed E-state index contributed by atoms with van der Waals surface area (Å²) in [6, 6.07) is 0. The van der Waals surface area contributed by atoms with E-state index < -0.39 is 17.5 Å². The number of ketones is 3. The molecule has 4 aliphatic carbocycles. The van der Waals surface area contributed by atoms with Gasteiger partial charge < -0.3 is 4.74 Å². The molecule has 5 nitrogen and oxygen atoms in total. The number of carbonyl (C=O) groups excluding carboxylic acids is 4. The molecule has 4 aliphatic rings. The topological polar surface area (TPSA) is 77.5 Å². The molecule has 5 heteroatoms. The number of hydrogen-bond donors (Lipinski definition) is 0. The van der Waals surface area contributed by atoms with Gasteiger partial charge in [0.15, 0.2) is 17.7 Å². The van der Waals surface area contributed by atoms with Crippen molar-refractivity contribution in [1.29, 1.82) is 0 Å². The van der Waals surface area contributed by atoms with Crippen LogP contribution in [0.4, 0.5) is 0 Å². The highest BCUT2D eigenvalue weighted by molar-refractivity contribution is 5.95. The molecule has 3 saturated carbocycles. The van der Waals surface area contributed by atoms with Gasteiger partial charge in [-0.15, -0.1) is 0 Å². The normalized spacial score (nSPS) is 44.9. The maximum atomic E-state index is 13.9. The van der Waals surface area contributed by atoms with Crippen LogP contribution in [0.2, 0.25) is 0 Å². The highest BCUT2D eigenvalue weighted by Gasteiger charge is 2.68. The van der Waals surface area contributed by atoms with Crippen LogP contribution in [0.1, 0.15) is 66.2 Å². The molecule has 0 aromatic rings. The third-order valence-corrected chi connectivity index (χ3v) is 8.56. The standard InChI is InChI=1S/C23H30O5/c1-12(24)17-7-8-18-16-6-5-14-11-15(26)9-10-22(14,3)19(16)20(27)21(23(17,18)4)28-13(2)25/h11,16-19,21H,5-10H2,1-4H3/t16-,17+,18-,19+,21+,22-,23+/m0/s1. The average Bonchev–Trinajstić information content (AvgIpc) is 2.97. The second-order valence-corrected chi connectivity index (χ2v) is 9.84. The van der Waals surface area contributed by atoms with Crippen LogP contribution < -0.4 is 0 Å². The number of ether oxygens (including phenoxy) is 1. The van der Waals surface area contributed by atoms with Gasteiger partial charge in [0.2, 0.25) is 0 Å². The van der Waals surface area contributed by atoms with Gasteiger partial charge in [-0.05, 0) is 62.4 Å².